The van der Waals surface area contributed by atoms with Crippen LogP contribution >= 0.6 is 0 Å². The molecule has 1 rings (SSSR count). The van der Waals surface area contributed by atoms with E-state index < -0.39 is 11.0 Å². The second-order valence-electron chi connectivity index (χ2n) is 2.18. The molecule has 0 unspecified atom stereocenters. The summed E-state index contributed by atoms with van der Waals surface area (Å²) in [4.78, 5) is 20.2. The normalized spacial score (nSPS) is 8.00. The monoisotopic (exact) mass is 446 g/mol. The van der Waals surface area contributed by atoms with Crippen LogP contribution < -0.4 is 143 Å². The fourth-order valence-corrected chi connectivity index (χ4v) is 0.789. The summed E-state index contributed by atoms with van der Waals surface area (Å²) in [6.45, 7) is 0. The van der Waals surface area contributed by atoms with E-state index in [1.807, 2.05) is 0 Å². The smallest absolute Gasteiger partial charge is 0.545 e. The fraction of sp³-hybridized carbons (Fsp3) is 0. The Balaban J connectivity index is 0. The average molecular weight is 446 g/mol. The van der Waals surface area contributed by atoms with Crippen LogP contribution in [0.25, 0.3) is 5.43 Å². The number of benzene rings is 1. The SMILES string of the molecule is O=C([O-])c1cccc([N-][N+](=O)[O-])c1.[Cs+].[Cs+]. The van der Waals surface area contributed by atoms with E-state index in [4.69, 9.17) is 0 Å². The van der Waals surface area contributed by atoms with Gasteiger partial charge in [-0.1, -0.05) is 30.0 Å². The maximum atomic E-state index is 10.3. The quantitative estimate of drug-likeness (QED) is 0.342. The predicted molar refractivity (Wildman–Crippen MR) is 40.8 cm³/mol. The van der Waals surface area contributed by atoms with Gasteiger partial charge in [0.1, 0.15) is 0 Å². The molecular weight excluding hydrogens is 442 g/mol. The Morgan fingerprint density at radius 2 is 1.93 bits per heavy atom. The Labute approximate surface area is 204 Å². The van der Waals surface area contributed by atoms with Crippen molar-refractivity contribution in [2.45, 2.75) is 0 Å². The van der Waals surface area contributed by atoms with Crippen LogP contribution in [-0.2, 0) is 0 Å². The molecule has 15 heavy (non-hydrogen) atoms. The summed E-state index contributed by atoms with van der Waals surface area (Å²) in [5.41, 5.74) is 2.78. The molecule has 68 valence electrons. The number of carboxylic acids is 1. The molecular formula is C7H4Cs2N2O4. The van der Waals surface area contributed by atoms with Crippen molar-refractivity contribution in [3.05, 3.63) is 45.4 Å². The maximum absolute atomic E-state index is 10.3. The average Bonchev–Trinajstić information content (AvgIpc) is 2.03. The van der Waals surface area contributed by atoms with Gasteiger partial charge in [-0.3, -0.25) is 10.1 Å². The van der Waals surface area contributed by atoms with Gasteiger partial charge in [-0.2, -0.15) is 0 Å². The second-order valence-corrected chi connectivity index (χ2v) is 2.18. The number of nitrogens with zero attached hydrogens (tertiary/aromatic N) is 2. The molecule has 6 nitrogen and oxygen atoms in total. The zero-order valence-corrected chi connectivity index (χ0v) is 20.9. The molecule has 0 saturated carbocycles. The van der Waals surface area contributed by atoms with Crippen LogP contribution in [0, 0.1) is 10.1 Å². The van der Waals surface area contributed by atoms with E-state index in [-0.39, 0.29) is 149 Å². The molecule has 0 saturated heterocycles. The van der Waals surface area contributed by atoms with Crippen LogP contribution in [0.4, 0.5) is 5.69 Å². The Morgan fingerprint density at radius 1 is 1.33 bits per heavy atom. The summed E-state index contributed by atoms with van der Waals surface area (Å²) >= 11 is 0. The molecule has 1 aromatic rings. The molecule has 0 aromatic heterocycles. The van der Waals surface area contributed by atoms with E-state index in [0.29, 0.717) is 0 Å². The summed E-state index contributed by atoms with van der Waals surface area (Å²) in [6, 6.07) is 5.02. The zero-order valence-electron chi connectivity index (χ0n) is 8.34. The number of carboxylic acid groups (broad SMARTS) is 1. The molecule has 0 amide bonds. The second kappa shape index (κ2) is 9.97. The van der Waals surface area contributed by atoms with Crippen LogP contribution in [-0.4, -0.2) is 11.0 Å². The molecule has 0 radical (unpaired) electrons. The van der Waals surface area contributed by atoms with Gasteiger partial charge >= 0.3 is 138 Å². The minimum Gasteiger partial charge on any atom is -0.545 e. The van der Waals surface area contributed by atoms with Crippen molar-refractivity contribution in [3.8, 4) is 0 Å². The van der Waals surface area contributed by atoms with Crippen molar-refractivity contribution in [1.29, 1.82) is 0 Å². The first-order valence-electron chi connectivity index (χ1n) is 3.27. The van der Waals surface area contributed by atoms with Crippen LogP contribution in [0.1, 0.15) is 10.4 Å². The van der Waals surface area contributed by atoms with Gasteiger partial charge < -0.3 is 15.3 Å². The first kappa shape index (κ1) is 19.3. The molecule has 0 heterocycles. The molecule has 0 aliphatic heterocycles. The first-order valence-corrected chi connectivity index (χ1v) is 3.27. The third kappa shape index (κ3) is 7.83. The van der Waals surface area contributed by atoms with Crippen molar-refractivity contribution in [1.82, 2.24) is 0 Å². The Kier molecular flexibility index (Phi) is 12.8. The topological polar surface area (TPSA) is 97.4 Å². The van der Waals surface area contributed by atoms with E-state index in [2.05, 4.69) is 5.43 Å². The predicted octanol–water partition coefficient (Wildman–Crippen LogP) is -5.74. The summed E-state index contributed by atoms with van der Waals surface area (Å²) in [6.07, 6.45) is 0. The van der Waals surface area contributed by atoms with Gasteiger partial charge in [0.15, 0.2) is 0 Å². The minimum absolute atomic E-state index is 0. The van der Waals surface area contributed by atoms with Gasteiger partial charge in [-0.15, -0.1) is 0 Å². The van der Waals surface area contributed by atoms with Gasteiger partial charge in [0, 0.05) is 0 Å². The van der Waals surface area contributed by atoms with Gasteiger partial charge in [-0.25, -0.2) is 0 Å². The molecule has 0 aliphatic rings. The number of carbonyl (C=O) groups is 1. The van der Waals surface area contributed by atoms with Crippen molar-refractivity contribution >= 4 is 11.7 Å². The summed E-state index contributed by atoms with van der Waals surface area (Å²) < 4.78 is 0. The molecule has 1 aromatic carbocycles. The Hall–Kier alpha value is 1.99. The van der Waals surface area contributed by atoms with Crippen LogP contribution in [0.5, 0.6) is 0 Å². The molecule has 0 spiro atoms. The molecule has 0 atom stereocenters. The third-order valence-corrected chi connectivity index (χ3v) is 1.28. The molecule has 0 N–H and O–H groups in total. The minimum atomic E-state index is -1.39. The first-order chi connectivity index (χ1) is 6.09. The summed E-state index contributed by atoms with van der Waals surface area (Å²) in [5, 5.41) is 19.3. The number of rotatable bonds is 3. The maximum Gasteiger partial charge on any atom is 1.00 e. The third-order valence-electron chi connectivity index (χ3n) is 1.28. The van der Waals surface area contributed by atoms with E-state index in [1.165, 1.54) is 18.2 Å². The van der Waals surface area contributed by atoms with Crippen LogP contribution in [0.2, 0.25) is 0 Å². The van der Waals surface area contributed by atoms with E-state index in [0.717, 1.165) is 6.07 Å². The number of hydrogen-bond donors (Lipinski definition) is 0. The van der Waals surface area contributed by atoms with Gasteiger partial charge in [0.05, 0.1) is 5.97 Å². The van der Waals surface area contributed by atoms with Crippen molar-refractivity contribution in [3.63, 3.8) is 0 Å². The molecule has 0 fully saturated rings. The van der Waals surface area contributed by atoms with Crippen molar-refractivity contribution < 1.29 is 153 Å². The van der Waals surface area contributed by atoms with Crippen LogP contribution in [0.3, 0.4) is 0 Å². The standard InChI is InChI=1S/C7H5N2O4.2Cs/c10-7(11)5-2-1-3-6(4-5)8-9(12)13;;/h1-4H,(H,10,11);;/q-1;2*+1/p-1. The molecule has 0 aliphatic carbocycles. The Morgan fingerprint density at radius 3 is 2.40 bits per heavy atom. The van der Waals surface area contributed by atoms with Gasteiger partial charge in [0.25, 0.3) is 0 Å². The largest absolute Gasteiger partial charge is 1.00 e. The molecule has 0 bridgehead atoms. The fourth-order valence-electron chi connectivity index (χ4n) is 0.789. The van der Waals surface area contributed by atoms with Crippen molar-refractivity contribution in [2.24, 2.45) is 0 Å². The number of hydrogen-bond acceptors (Lipinski definition) is 4. The summed E-state index contributed by atoms with van der Waals surface area (Å²) in [7, 11) is 0. The van der Waals surface area contributed by atoms with Gasteiger partial charge in [-0.05, 0) is 10.6 Å². The number of nitro groups is 1. The Bertz CT molecular complexity index is 359. The number of carbonyl (C=O) groups excluding carboxylic acids is 1. The van der Waals surface area contributed by atoms with E-state index in [1.54, 1.807) is 0 Å². The van der Waals surface area contributed by atoms with E-state index >= 15 is 0 Å². The van der Waals surface area contributed by atoms with Crippen LogP contribution in [0.15, 0.2) is 24.3 Å². The zero-order chi connectivity index (χ0) is 9.84. The van der Waals surface area contributed by atoms with Crippen molar-refractivity contribution in [2.75, 3.05) is 0 Å². The van der Waals surface area contributed by atoms with E-state index in [9.17, 15) is 20.0 Å². The number of aromatic carboxylic acids is 1. The molecule has 8 heteroatoms. The summed E-state index contributed by atoms with van der Waals surface area (Å²) in [5.74, 6) is -1.39. The van der Waals surface area contributed by atoms with Gasteiger partial charge in [0.2, 0.25) is 0 Å².